The van der Waals surface area contributed by atoms with Gasteiger partial charge in [0.25, 0.3) is 5.91 Å². The number of carbonyl (C=O) groups is 2. The Balaban J connectivity index is 1.82. The summed E-state index contributed by atoms with van der Waals surface area (Å²) in [4.78, 5) is 27.0. The van der Waals surface area contributed by atoms with E-state index in [1.807, 2.05) is 17.8 Å². The Morgan fingerprint density at radius 2 is 2.04 bits per heavy atom. The molecule has 2 rings (SSSR count). The van der Waals surface area contributed by atoms with Crippen molar-refractivity contribution < 1.29 is 19.1 Å². The molecule has 1 aromatic heterocycles. The smallest absolute Gasteiger partial charge is 0.330 e. The number of nitrogens with one attached hydrogen (secondary N) is 1. The van der Waals surface area contributed by atoms with Gasteiger partial charge in [-0.05, 0) is 24.3 Å². The number of amides is 1. The second kappa shape index (κ2) is 8.52. The van der Waals surface area contributed by atoms with Gasteiger partial charge in [-0.15, -0.1) is 0 Å². The van der Waals surface area contributed by atoms with E-state index in [0.29, 0.717) is 17.9 Å². The fourth-order valence-electron chi connectivity index (χ4n) is 1.86. The molecular weight excluding hydrogens is 310 g/mol. The van der Waals surface area contributed by atoms with Gasteiger partial charge < -0.3 is 19.4 Å². The second-order valence-electron chi connectivity index (χ2n) is 4.90. The summed E-state index contributed by atoms with van der Waals surface area (Å²) in [7, 11) is 3.19. The summed E-state index contributed by atoms with van der Waals surface area (Å²) in [5, 5.41) is 2.67. The zero-order valence-corrected chi connectivity index (χ0v) is 13.6. The van der Waals surface area contributed by atoms with E-state index >= 15 is 0 Å². The third-order valence-corrected chi connectivity index (χ3v) is 3.24. The van der Waals surface area contributed by atoms with Gasteiger partial charge in [-0.3, -0.25) is 4.79 Å². The van der Waals surface area contributed by atoms with Gasteiger partial charge in [-0.2, -0.15) is 0 Å². The van der Waals surface area contributed by atoms with Crippen LogP contribution in [0.5, 0.6) is 5.75 Å². The van der Waals surface area contributed by atoms with Crippen molar-refractivity contribution in [3.8, 4) is 5.75 Å². The van der Waals surface area contributed by atoms with E-state index in [1.165, 1.54) is 19.3 Å². The largest absolute Gasteiger partial charge is 0.486 e. The molecule has 0 spiro atoms. The van der Waals surface area contributed by atoms with Crippen LogP contribution in [0, 0.1) is 0 Å². The molecule has 0 bridgehead atoms. The van der Waals surface area contributed by atoms with Gasteiger partial charge in [0.1, 0.15) is 18.2 Å². The predicted octanol–water partition coefficient (Wildman–Crippen LogP) is 1.46. The van der Waals surface area contributed by atoms with E-state index < -0.39 is 5.97 Å². The van der Waals surface area contributed by atoms with Gasteiger partial charge in [0, 0.05) is 37.6 Å². The highest BCUT2D eigenvalue weighted by atomic mass is 16.5. The van der Waals surface area contributed by atoms with Crippen molar-refractivity contribution in [3.05, 3.63) is 60.2 Å². The van der Waals surface area contributed by atoms with Gasteiger partial charge >= 0.3 is 5.97 Å². The first-order valence-corrected chi connectivity index (χ1v) is 7.32. The maximum Gasteiger partial charge on any atom is 0.330 e. The van der Waals surface area contributed by atoms with Crippen LogP contribution in [-0.2, 0) is 23.2 Å². The van der Waals surface area contributed by atoms with Gasteiger partial charge in [-0.25, -0.2) is 9.78 Å². The monoisotopic (exact) mass is 329 g/mol. The molecule has 1 N–H and O–H groups in total. The van der Waals surface area contributed by atoms with Crippen LogP contribution in [0.25, 0.3) is 0 Å². The Morgan fingerprint density at radius 3 is 2.67 bits per heavy atom. The summed E-state index contributed by atoms with van der Waals surface area (Å²) < 4.78 is 12.0. The third kappa shape index (κ3) is 4.98. The first-order valence-electron chi connectivity index (χ1n) is 7.32. The lowest BCUT2D eigenvalue weighted by atomic mass is 10.2. The van der Waals surface area contributed by atoms with Crippen LogP contribution in [0.15, 0.2) is 48.8 Å². The van der Waals surface area contributed by atoms with Crippen LogP contribution in [-0.4, -0.2) is 35.1 Å². The third-order valence-electron chi connectivity index (χ3n) is 3.24. The highest BCUT2D eigenvalue weighted by molar-refractivity contribution is 5.94. The molecule has 2 aromatic rings. The molecule has 0 aliphatic rings. The van der Waals surface area contributed by atoms with Crippen LogP contribution in [0.1, 0.15) is 16.2 Å². The van der Waals surface area contributed by atoms with E-state index in [2.05, 4.69) is 15.0 Å². The summed E-state index contributed by atoms with van der Waals surface area (Å²) in [5.41, 5.74) is 0.505. The van der Waals surface area contributed by atoms with Gasteiger partial charge in [0.2, 0.25) is 0 Å². The van der Waals surface area contributed by atoms with Crippen molar-refractivity contribution in [2.45, 2.75) is 6.61 Å². The molecule has 0 unspecified atom stereocenters. The van der Waals surface area contributed by atoms with Crippen LogP contribution in [0.3, 0.4) is 0 Å². The van der Waals surface area contributed by atoms with E-state index in [1.54, 1.807) is 30.5 Å². The van der Waals surface area contributed by atoms with Crippen molar-refractivity contribution in [1.82, 2.24) is 14.9 Å². The number of imidazole rings is 1. The number of esters is 1. The lowest BCUT2D eigenvalue weighted by Crippen LogP contribution is -2.23. The van der Waals surface area contributed by atoms with Gasteiger partial charge in [0.05, 0.1) is 7.11 Å². The lowest BCUT2D eigenvalue weighted by molar-refractivity contribution is -0.134. The Morgan fingerprint density at radius 1 is 1.29 bits per heavy atom. The zero-order chi connectivity index (χ0) is 17.4. The number of hydrogen-bond donors (Lipinski definition) is 1. The van der Waals surface area contributed by atoms with E-state index in [9.17, 15) is 9.59 Å². The van der Waals surface area contributed by atoms with Gasteiger partial charge in [0.15, 0.2) is 0 Å². The fraction of sp³-hybridized carbons (Fsp3) is 0.235. The Kier molecular flexibility index (Phi) is 6.13. The molecule has 126 valence electrons. The van der Waals surface area contributed by atoms with Crippen molar-refractivity contribution in [2.24, 2.45) is 7.05 Å². The Bertz CT molecular complexity index is 720. The molecule has 1 heterocycles. The number of aromatic nitrogens is 2. The molecule has 7 heteroatoms. The number of hydrogen-bond acceptors (Lipinski definition) is 5. The highest BCUT2D eigenvalue weighted by Crippen LogP contribution is 2.13. The minimum atomic E-state index is -0.460. The highest BCUT2D eigenvalue weighted by Gasteiger charge is 2.05. The summed E-state index contributed by atoms with van der Waals surface area (Å²) in [6, 6.07) is 6.80. The fourth-order valence-corrected chi connectivity index (χ4v) is 1.86. The number of nitrogens with zero attached hydrogens (tertiary/aromatic N) is 2. The predicted molar refractivity (Wildman–Crippen MR) is 87.5 cm³/mol. The minimum absolute atomic E-state index is 0.236. The molecular formula is C17H19N3O4. The van der Waals surface area contributed by atoms with Crippen molar-refractivity contribution in [3.63, 3.8) is 0 Å². The number of benzene rings is 1. The minimum Gasteiger partial charge on any atom is -0.486 e. The van der Waals surface area contributed by atoms with E-state index in [0.717, 1.165) is 5.82 Å². The first kappa shape index (κ1) is 17.3. The quantitative estimate of drug-likeness (QED) is 0.614. The van der Waals surface area contributed by atoms with Crippen LogP contribution in [0.4, 0.5) is 0 Å². The van der Waals surface area contributed by atoms with Crippen molar-refractivity contribution in [2.75, 3.05) is 13.7 Å². The molecule has 24 heavy (non-hydrogen) atoms. The lowest BCUT2D eigenvalue weighted by Gasteiger charge is -2.07. The molecule has 0 aliphatic heterocycles. The summed E-state index contributed by atoms with van der Waals surface area (Å²) in [6.45, 7) is 0.596. The number of aryl methyl sites for hydroxylation is 1. The van der Waals surface area contributed by atoms with E-state index in [4.69, 9.17) is 4.74 Å². The number of ether oxygens (including phenoxy) is 2. The second-order valence-corrected chi connectivity index (χ2v) is 4.90. The van der Waals surface area contributed by atoms with Crippen molar-refractivity contribution in [1.29, 1.82) is 0 Å². The molecule has 7 nitrogen and oxygen atoms in total. The Labute approximate surface area is 139 Å². The average molecular weight is 329 g/mol. The zero-order valence-electron chi connectivity index (χ0n) is 13.6. The molecule has 1 amide bonds. The van der Waals surface area contributed by atoms with Crippen LogP contribution < -0.4 is 10.1 Å². The molecule has 0 saturated carbocycles. The molecule has 1 aromatic carbocycles. The van der Waals surface area contributed by atoms with Crippen LogP contribution >= 0.6 is 0 Å². The van der Waals surface area contributed by atoms with Gasteiger partial charge in [-0.1, -0.05) is 6.08 Å². The number of carbonyl (C=O) groups excluding carboxylic acids is 2. The standard InChI is InChI=1S/C17H19N3O4/c1-20-11-10-18-15(20)12-24-14-7-5-13(6-8-14)17(22)19-9-3-4-16(21)23-2/h3-8,10-11H,9,12H2,1-2H3,(H,19,22)/b4-3+. The summed E-state index contributed by atoms with van der Waals surface area (Å²) in [5.74, 6) is 0.771. The maximum absolute atomic E-state index is 11.9. The Hall–Kier alpha value is -3.09. The molecule has 0 saturated heterocycles. The number of methoxy groups -OCH3 is 1. The summed E-state index contributed by atoms with van der Waals surface area (Å²) in [6.07, 6.45) is 6.34. The molecule has 0 atom stereocenters. The molecule has 0 aliphatic carbocycles. The van der Waals surface area contributed by atoms with E-state index in [-0.39, 0.29) is 12.5 Å². The molecule has 0 fully saturated rings. The maximum atomic E-state index is 11.9. The SMILES string of the molecule is COC(=O)/C=C/CNC(=O)c1ccc(OCc2nccn2C)cc1. The first-order chi connectivity index (χ1) is 11.6. The number of rotatable bonds is 7. The normalized spacial score (nSPS) is 10.6. The topological polar surface area (TPSA) is 82.4 Å². The van der Waals surface area contributed by atoms with Crippen molar-refractivity contribution >= 4 is 11.9 Å². The van der Waals surface area contributed by atoms with Crippen LogP contribution in [0.2, 0.25) is 0 Å². The average Bonchev–Trinajstić information content (AvgIpc) is 3.02. The molecule has 0 radical (unpaired) electrons. The summed E-state index contributed by atoms with van der Waals surface area (Å²) >= 11 is 0.